The molecular formula is C25H32N6. The zero-order valence-electron chi connectivity index (χ0n) is 18.9. The number of fused-ring (bicyclic) bond motifs is 4. The van der Waals surface area contributed by atoms with Gasteiger partial charge in [-0.1, -0.05) is 19.9 Å². The molecule has 31 heavy (non-hydrogen) atoms. The average molecular weight is 417 g/mol. The summed E-state index contributed by atoms with van der Waals surface area (Å²) in [5, 5.41) is 12.3. The maximum Gasteiger partial charge on any atom is 0.155 e. The number of aromatic nitrogens is 4. The SMILES string of the molecule is C=C(NC1C[C@@H]2CCC1C(C)C2)c1ccn(C)c1/N=C(\C)c1n[nH]c2ncc(C)cc12. The second-order valence-corrected chi connectivity index (χ2v) is 9.63. The molecule has 6 heteroatoms. The van der Waals surface area contributed by atoms with Crippen molar-refractivity contribution in [3.63, 3.8) is 0 Å². The van der Waals surface area contributed by atoms with Gasteiger partial charge in [0.2, 0.25) is 0 Å². The topological polar surface area (TPSA) is 70.9 Å². The van der Waals surface area contributed by atoms with Crippen LogP contribution in [-0.4, -0.2) is 31.5 Å². The molecule has 162 valence electrons. The molecule has 3 aromatic rings. The van der Waals surface area contributed by atoms with E-state index >= 15 is 0 Å². The largest absolute Gasteiger partial charge is 0.382 e. The Morgan fingerprint density at radius 2 is 2.16 bits per heavy atom. The summed E-state index contributed by atoms with van der Waals surface area (Å²) in [4.78, 5) is 9.42. The van der Waals surface area contributed by atoms with Crippen molar-refractivity contribution in [1.29, 1.82) is 0 Å². The number of rotatable bonds is 5. The third kappa shape index (κ3) is 3.58. The molecule has 3 saturated carbocycles. The summed E-state index contributed by atoms with van der Waals surface area (Å²) in [5.74, 6) is 3.33. The van der Waals surface area contributed by atoms with Crippen molar-refractivity contribution in [2.45, 2.75) is 52.5 Å². The van der Waals surface area contributed by atoms with E-state index in [1.807, 2.05) is 27.1 Å². The maximum atomic E-state index is 4.99. The molecule has 4 atom stereocenters. The Morgan fingerprint density at radius 3 is 2.94 bits per heavy atom. The number of nitrogens with zero attached hydrogens (tertiary/aromatic N) is 4. The second-order valence-electron chi connectivity index (χ2n) is 9.63. The fraction of sp³-hybridized carbons (Fsp3) is 0.480. The van der Waals surface area contributed by atoms with Gasteiger partial charge in [-0.2, -0.15) is 5.10 Å². The third-order valence-electron chi connectivity index (χ3n) is 7.34. The van der Waals surface area contributed by atoms with Crippen molar-refractivity contribution >= 4 is 28.3 Å². The lowest BCUT2D eigenvalue weighted by molar-refractivity contribution is 0.0771. The molecule has 0 spiro atoms. The Balaban J connectivity index is 1.43. The molecule has 2 bridgehead atoms. The molecule has 3 heterocycles. The Labute approximate surface area is 183 Å². The zero-order valence-corrected chi connectivity index (χ0v) is 18.9. The molecule has 0 radical (unpaired) electrons. The van der Waals surface area contributed by atoms with Crippen LogP contribution in [0.4, 0.5) is 5.82 Å². The van der Waals surface area contributed by atoms with Crippen LogP contribution in [0.3, 0.4) is 0 Å². The summed E-state index contributed by atoms with van der Waals surface area (Å²) >= 11 is 0. The predicted octanol–water partition coefficient (Wildman–Crippen LogP) is 5.13. The molecule has 3 fully saturated rings. The lowest BCUT2D eigenvalue weighted by atomic mass is 9.63. The first-order valence-corrected chi connectivity index (χ1v) is 11.4. The Kier molecular flexibility index (Phi) is 4.95. The molecule has 2 N–H and O–H groups in total. The van der Waals surface area contributed by atoms with Crippen molar-refractivity contribution in [1.82, 2.24) is 25.1 Å². The summed E-state index contributed by atoms with van der Waals surface area (Å²) in [6.07, 6.45) is 9.30. The Hall–Kier alpha value is -2.89. The molecule has 3 unspecified atom stereocenters. The smallest absolute Gasteiger partial charge is 0.155 e. The van der Waals surface area contributed by atoms with Crippen LogP contribution in [0, 0.1) is 24.7 Å². The van der Waals surface area contributed by atoms with Crippen LogP contribution < -0.4 is 5.32 Å². The summed E-state index contributed by atoms with van der Waals surface area (Å²) < 4.78 is 2.06. The summed E-state index contributed by atoms with van der Waals surface area (Å²) in [7, 11) is 2.03. The van der Waals surface area contributed by atoms with E-state index in [0.717, 1.165) is 62.8 Å². The van der Waals surface area contributed by atoms with E-state index in [4.69, 9.17) is 4.99 Å². The predicted molar refractivity (Wildman–Crippen MR) is 126 cm³/mol. The van der Waals surface area contributed by atoms with Crippen molar-refractivity contribution < 1.29 is 0 Å². The number of aryl methyl sites for hydroxylation is 2. The lowest BCUT2D eigenvalue weighted by Gasteiger charge is -2.47. The molecule has 0 saturated heterocycles. The molecule has 3 aliphatic carbocycles. The van der Waals surface area contributed by atoms with Crippen LogP contribution in [0.1, 0.15) is 56.4 Å². The van der Waals surface area contributed by atoms with E-state index in [1.165, 1.54) is 25.7 Å². The molecule has 6 rings (SSSR count). The summed E-state index contributed by atoms with van der Waals surface area (Å²) in [6.45, 7) is 10.9. The minimum absolute atomic E-state index is 0.525. The first-order valence-electron chi connectivity index (χ1n) is 11.4. The number of H-pyrrole nitrogens is 1. The highest BCUT2D eigenvalue weighted by molar-refractivity contribution is 6.08. The van der Waals surface area contributed by atoms with Gasteiger partial charge in [-0.05, 0) is 68.6 Å². The van der Waals surface area contributed by atoms with E-state index in [1.54, 1.807) is 0 Å². The molecular weight excluding hydrogens is 384 g/mol. The highest BCUT2D eigenvalue weighted by Crippen LogP contribution is 2.45. The fourth-order valence-corrected chi connectivity index (χ4v) is 5.74. The number of nitrogens with one attached hydrogen (secondary N) is 2. The maximum absolute atomic E-state index is 4.99. The standard InChI is InChI=1S/C25H32N6/c1-14-10-21-23(29-30-24(21)26-13-14)17(4)28-25-20(8-9-31(25)5)16(3)27-22-12-18-6-7-19(22)15(2)11-18/h8-10,13,15,18-19,22,27H,3,6-7,11-12H2,1-2,4-5H3,(H,26,29,30)/b28-17+/t15?,18-,19?,22?/m1/s1. The van der Waals surface area contributed by atoms with Crippen LogP contribution in [0.2, 0.25) is 0 Å². The molecule has 3 aromatic heterocycles. The van der Waals surface area contributed by atoms with Crippen LogP contribution in [0.15, 0.2) is 36.1 Å². The average Bonchev–Trinajstić information content (AvgIpc) is 3.31. The van der Waals surface area contributed by atoms with Gasteiger partial charge in [-0.25, -0.2) is 9.98 Å². The normalized spacial score (nSPS) is 25.9. The molecule has 0 amide bonds. The number of aromatic amines is 1. The minimum Gasteiger partial charge on any atom is -0.382 e. The minimum atomic E-state index is 0.525. The summed E-state index contributed by atoms with van der Waals surface area (Å²) in [5.41, 5.74) is 5.63. The lowest BCUT2D eigenvalue weighted by Crippen LogP contribution is -2.47. The molecule has 0 aliphatic heterocycles. The number of pyridine rings is 1. The number of hydrogen-bond acceptors (Lipinski definition) is 4. The molecule has 3 aliphatic rings. The first kappa shape index (κ1) is 20.0. The van der Waals surface area contributed by atoms with E-state index in [2.05, 4.69) is 56.9 Å². The van der Waals surface area contributed by atoms with Crippen LogP contribution in [-0.2, 0) is 7.05 Å². The van der Waals surface area contributed by atoms with Gasteiger partial charge in [0, 0.05) is 42.1 Å². The van der Waals surface area contributed by atoms with Gasteiger partial charge in [0.05, 0.1) is 5.71 Å². The van der Waals surface area contributed by atoms with E-state index in [9.17, 15) is 0 Å². The van der Waals surface area contributed by atoms with Crippen LogP contribution in [0.5, 0.6) is 0 Å². The summed E-state index contributed by atoms with van der Waals surface area (Å²) in [6, 6.07) is 4.74. The van der Waals surface area contributed by atoms with Gasteiger partial charge < -0.3 is 9.88 Å². The Morgan fingerprint density at radius 1 is 1.32 bits per heavy atom. The number of aliphatic imine (C=N–C) groups is 1. The third-order valence-corrected chi connectivity index (χ3v) is 7.34. The van der Waals surface area contributed by atoms with Gasteiger partial charge in [0.1, 0.15) is 11.5 Å². The van der Waals surface area contributed by atoms with Gasteiger partial charge in [0.15, 0.2) is 5.65 Å². The van der Waals surface area contributed by atoms with E-state index < -0.39 is 0 Å². The quantitative estimate of drug-likeness (QED) is 0.566. The zero-order chi connectivity index (χ0) is 21.7. The Bertz CT molecular complexity index is 1170. The highest BCUT2D eigenvalue weighted by Gasteiger charge is 2.40. The number of hydrogen-bond donors (Lipinski definition) is 2. The molecule has 6 nitrogen and oxygen atoms in total. The molecule has 0 aromatic carbocycles. The second kappa shape index (κ2) is 7.66. The van der Waals surface area contributed by atoms with Gasteiger partial charge in [-0.3, -0.25) is 5.10 Å². The van der Waals surface area contributed by atoms with Crippen LogP contribution in [0.25, 0.3) is 16.7 Å². The first-order chi connectivity index (χ1) is 14.9. The van der Waals surface area contributed by atoms with Crippen molar-refractivity contribution in [2.24, 2.45) is 29.8 Å². The van der Waals surface area contributed by atoms with Gasteiger partial charge in [-0.15, -0.1) is 0 Å². The van der Waals surface area contributed by atoms with Crippen molar-refractivity contribution in [3.05, 3.63) is 47.9 Å². The van der Waals surface area contributed by atoms with Crippen molar-refractivity contribution in [3.8, 4) is 0 Å². The van der Waals surface area contributed by atoms with Gasteiger partial charge in [0.25, 0.3) is 0 Å². The highest BCUT2D eigenvalue weighted by atomic mass is 15.2. The van der Waals surface area contributed by atoms with Crippen molar-refractivity contribution in [2.75, 3.05) is 0 Å². The van der Waals surface area contributed by atoms with Crippen LogP contribution >= 0.6 is 0 Å². The fourth-order valence-electron chi connectivity index (χ4n) is 5.74. The van der Waals surface area contributed by atoms with Gasteiger partial charge >= 0.3 is 0 Å². The monoisotopic (exact) mass is 416 g/mol. The van der Waals surface area contributed by atoms with E-state index in [0.29, 0.717) is 6.04 Å². The van der Waals surface area contributed by atoms with E-state index in [-0.39, 0.29) is 0 Å².